The standard InChI is InChI=1S/C12H11ClN2OS2/c1-6-4-7(6)11(16)15-12-14-8(5-17-12)9-2-3-10(13)18-9/h2-3,5-7H,4H2,1H3,(H,14,15,16)/t6-,7-/m0/s1. The zero-order valence-corrected chi connectivity index (χ0v) is 12.0. The average molecular weight is 299 g/mol. The quantitative estimate of drug-likeness (QED) is 0.926. The maximum Gasteiger partial charge on any atom is 0.229 e. The van der Waals surface area contributed by atoms with Crippen LogP contribution < -0.4 is 5.32 Å². The molecule has 2 aromatic heterocycles. The lowest BCUT2D eigenvalue weighted by atomic mass is 10.3. The first-order valence-corrected chi connectivity index (χ1v) is 7.73. The van der Waals surface area contributed by atoms with E-state index in [9.17, 15) is 4.79 Å². The van der Waals surface area contributed by atoms with Crippen molar-refractivity contribution in [2.24, 2.45) is 11.8 Å². The first-order valence-electron chi connectivity index (χ1n) is 5.65. The topological polar surface area (TPSA) is 42.0 Å². The summed E-state index contributed by atoms with van der Waals surface area (Å²) in [6.45, 7) is 2.09. The number of rotatable bonds is 3. The Kier molecular flexibility index (Phi) is 3.13. The molecule has 2 heterocycles. The normalized spacial score (nSPS) is 21.9. The number of nitrogens with zero attached hydrogens (tertiary/aromatic N) is 1. The van der Waals surface area contributed by atoms with Crippen molar-refractivity contribution in [1.29, 1.82) is 0 Å². The van der Waals surface area contributed by atoms with Gasteiger partial charge in [0.05, 0.1) is 14.9 Å². The maximum atomic E-state index is 11.8. The van der Waals surface area contributed by atoms with Gasteiger partial charge in [0.25, 0.3) is 0 Å². The van der Waals surface area contributed by atoms with Gasteiger partial charge < -0.3 is 5.32 Å². The molecule has 0 bridgehead atoms. The van der Waals surface area contributed by atoms with E-state index in [1.54, 1.807) is 0 Å². The van der Waals surface area contributed by atoms with Crippen LogP contribution in [-0.4, -0.2) is 10.9 Å². The van der Waals surface area contributed by atoms with E-state index in [2.05, 4.69) is 17.2 Å². The Labute approximate surface area is 118 Å². The summed E-state index contributed by atoms with van der Waals surface area (Å²) in [5.41, 5.74) is 0.871. The van der Waals surface area contributed by atoms with E-state index < -0.39 is 0 Å². The summed E-state index contributed by atoms with van der Waals surface area (Å²) in [6, 6.07) is 3.79. The van der Waals surface area contributed by atoms with Gasteiger partial charge in [0.2, 0.25) is 5.91 Å². The third-order valence-electron chi connectivity index (χ3n) is 3.01. The molecule has 2 atom stereocenters. The van der Waals surface area contributed by atoms with Crippen LogP contribution in [0.2, 0.25) is 4.34 Å². The molecule has 1 amide bonds. The Bertz CT molecular complexity index is 592. The highest BCUT2D eigenvalue weighted by Crippen LogP contribution is 2.39. The van der Waals surface area contributed by atoms with E-state index >= 15 is 0 Å². The van der Waals surface area contributed by atoms with E-state index in [1.165, 1.54) is 22.7 Å². The summed E-state index contributed by atoms with van der Waals surface area (Å²) < 4.78 is 0.746. The van der Waals surface area contributed by atoms with Crippen LogP contribution in [0.3, 0.4) is 0 Å². The molecule has 0 unspecified atom stereocenters. The second-order valence-corrected chi connectivity index (χ2v) is 7.02. The molecule has 1 fully saturated rings. The van der Waals surface area contributed by atoms with Crippen molar-refractivity contribution < 1.29 is 4.79 Å². The molecule has 18 heavy (non-hydrogen) atoms. The van der Waals surface area contributed by atoms with E-state index in [4.69, 9.17) is 11.6 Å². The van der Waals surface area contributed by atoms with Crippen molar-refractivity contribution in [1.82, 2.24) is 4.98 Å². The van der Waals surface area contributed by atoms with Gasteiger partial charge in [-0.05, 0) is 24.5 Å². The number of carbonyl (C=O) groups excluding carboxylic acids is 1. The highest BCUT2D eigenvalue weighted by Gasteiger charge is 2.39. The van der Waals surface area contributed by atoms with Crippen LogP contribution in [0.1, 0.15) is 13.3 Å². The van der Waals surface area contributed by atoms with Crippen molar-refractivity contribution in [3.8, 4) is 10.6 Å². The highest BCUT2D eigenvalue weighted by atomic mass is 35.5. The number of hydrogen-bond acceptors (Lipinski definition) is 4. The first kappa shape index (κ1) is 12.1. The highest BCUT2D eigenvalue weighted by molar-refractivity contribution is 7.20. The molecule has 94 valence electrons. The molecule has 0 aliphatic heterocycles. The van der Waals surface area contributed by atoms with Gasteiger partial charge in [0, 0.05) is 11.3 Å². The monoisotopic (exact) mass is 298 g/mol. The Hall–Kier alpha value is -0.910. The number of nitrogens with one attached hydrogen (secondary N) is 1. The molecule has 6 heteroatoms. The maximum absolute atomic E-state index is 11.8. The largest absolute Gasteiger partial charge is 0.302 e. The summed E-state index contributed by atoms with van der Waals surface area (Å²) in [5.74, 6) is 0.779. The molecule has 1 aliphatic carbocycles. The number of halogens is 1. The number of amides is 1. The van der Waals surface area contributed by atoms with Gasteiger partial charge >= 0.3 is 0 Å². The number of thiazole rings is 1. The van der Waals surface area contributed by atoms with E-state index in [-0.39, 0.29) is 11.8 Å². The second-order valence-electron chi connectivity index (χ2n) is 4.45. The predicted molar refractivity (Wildman–Crippen MR) is 76.3 cm³/mol. The third-order valence-corrected chi connectivity index (χ3v) is 5.02. The minimum atomic E-state index is 0.0904. The molecule has 1 N–H and O–H groups in total. The summed E-state index contributed by atoms with van der Waals surface area (Å²) in [5, 5.41) is 5.48. The zero-order chi connectivity index (χ0) is 12.7. The van der Waals surface area contributed by atoms with Crippen molar-refractivity contribution >= 4 is 45.3 Å². The fraction of sp³-hybridized carbons (Fsp3) is 0.333. The Balaban J connectivity index is 1.71. The fourth-order valence-electron chi connectivity index (χ4n) is 1.78. The Morgan fingerprint density at radius 3 is 2.94 bits per heavy atom. The zero-order valence-electron chi connectivity index (χ0n) is 9.64. The third kappa shape index (κ3) is 2.43. The number of aromatic nitrogens is 1. The molecule has 0 spiro atoms. The van der Waals surface area contributed by atoms with Gasteiger partial charge in [0.15, 0.2) is 5.13 Å². The van der Waals surface area contributed by atoms with Gasteiger partial charge in [-0.3, -0.25) is 4.79 Å². The molecule has 0 aromatic carbocycles. The molecule has 3 rings (SSSR count). The van der Waals surface area contributed by atoms with Gasteiger partial charge in [0.1, 0.15) is 0 Å². The molecular weight excluding hydrogens is 288 g/mol. The lowest BCUT2D eigenvalue weighted by Crippen LogP contribution is -2.14. The summed E-state index contributed by atoms with van der Waals surface area (Å²) in [7, 11) is 0. The van der Waals surface area contributed by atoms with Crippen LogP contribution in [0.5, 0.6) is 0 Å². The van der Waals surface area contributed by atoms with E-state index in [1.807, 2.05) is 17.5 Å². The minimum absolute atomic E-state index is 0.0904. The van der Waals surface area contributed by atoms with Gasteiger partial charge in [-0.25, -0.2) is 4.98 Å². The summed E-state index contributed by atoms with van der Waals surface area (Å²) >= 11 is 8.83. The number of thiophene rings is 1. The average Bonchev–Trinajstić information content (AvgIpc) is 2.77. The second kappa shape index (κ2) is 4.64. The molecule has 3 nitrogen and oxygen atoms in total. The van der Waals surface area contributed by atoms with Crippen molar-refractivity contribution in [2.45, 2.75) is 13.3 Å². The fourth-order valence-corrected chi connectivity index (χ4v) is 3.57. The van der Waals surface area contributed by atoms with E-state index in [0.29, 0.717) is 11.0 Å². The minimum Gasteiger partial charge on any atom is -0.302 e. The van der Waals surface area contributed by atoms with Crippen LogP contribution in [0, 0.1) is 11.8 Å². The molecule has 1 aliphatic rings. The molecule has 1 saturated carbocycles. The lowest BCUT2D eigenvalue weighted by Gasteiger charge is -1.98. The van der Waals surface area contributed by atoms with Crippen LogP contribution in [0.15, 0.2) is 17.5 Å². The smallest absolute Gasteiger partial charge is 0.229 e. The lowest BCUT2D eigenvalue weighted by molar-refractivity contribution is -0.117. The summed E-state index contributed by atoms with van der Waals surface area (Å²) in [4.78, 5) is 17.2. The molecule has 0 saturated heterocycles. The number of hydrogen-bond donors (Lipinski definition) is 1. The van der Waals surface area contributed by atoms with Crippen LogP contribution >= 0.6 is 34.3 Å². The van der Waals surface area contributed by atoms with Gasteiger partial charge in [-0.15, -0.1) is 22.7 Å². The molecular formula is C12H11ClN2OS2. The molecule has 2 aromatic rings. The number of carbonyl (C=O) groups is 1. The van der Waals surface area contributed by atoms with Crippen LogP contribution in [0.25, 0.3) is 10.6 Å². The van der Waals surface area contributed by atoms with Crippen molar-refractivity contribution in [3.63, 3.8) is 0 Å². The van der Waals surface area contributed by atoms with Crippen LogP contribution in [0.4, 0.5) is 5.13 Å². The Morgan fingerprint density at radius 1 is 1.56 bits per heavy atom. The molecule has 0 radical (unpaired) electrons. The van der Waals surface area contributed by atoms with Crippen LogP contribution in [-0.2, 0) is 4.79 Å². The van der Waals surface area contributed by atoms with Crippen molar-refractivity contribution in [2.75, 3.05) is 5.32 Å². The van der Waals surface area contributed by atoms with Gasteiger partial charge in [-0.1, -0.05) is 18.5 Å². The SMILES string of the molecule is C[C@H]1C[C@@H]1C(=O)Nc1nc(-c2ccc(Cl)s2)cs1. The van der Waals surface area contributed by atoms with Gasteiger partial charge in [-0.2, -0.15) is 0 Å². The first-order chi connectivity index (χ1) is 8.63. The Morgan fingerprint density at radius 2 is 2.33 bits per heavy atom. The number of anilines is 1. The van der Waals surface area contributed by atoms with Crippen molar-refractivity contribution in [3.05, 3.63) is 21.8 Å². The van der Waals surface area contributed by atoms with E-state index in [0.717, 1.165) is 21.3 Å². The predicted octanol–water partition coefficient (Wildman–Crippen LogP) is 4.12. The summed E-state index contributed by atoms with van der Waals surface area (Å²) in [6.07, 6.45) is 0.991.